The standard InChI is InChI=1S/C9H16O3/c1-3-5-6-9(4-2)11-7-8(10)12-9/h4,8,10H,2-3,5-7H2,1H3. The molecule has 0 aliphatic carbocycles. The third-order valence-corrected chi connectivity index (χ3v) is 2.00. The topological polar surface area (TPSA) is 38.7 Å². The molecule has 0 amide bonds. The average molecular weight is 172 g/mol. The number of rotatable bonds is 4. The number of hydrogen-bond acceptors (Lipinski definition) is 3. The minimum absolute atomic E-state index is 0.246. The largest absolute Gasteiger partial charge is 0.366 e. The minimum atomic E-state index is -0.792. The van der Waals surface area contributed by atoms with Crippen LogP contribution in [0.3, 0.4) is 0 Å². The fourth-order valence-electron chi connectivity index (χ4n) is 1.27. The smallest absolute Gasteiger partial charge is 0.190 e. The highest BCUT2D eigenvalue weighted by Gasteiger charge is 2.37. The van der Waals surface area contributed by atoms with Crippen LogP contribution in [0.2, 0.25) is 0 Å². The Morgan fingerprint density at radius 2 is 2.50 bits per heavy atom. The van der Waals surface area contributed by atoms with E-state index in [9.17, 15) is 0 Å². The monoisotopic (exact) mass is 172 g/mol. The molecule has 1 aliphatic heterocycles. The molecule has 1 rings (SSSR count). The van der Waals surface area contributed by atoms with E-state index in [-0.39, 0.29) is 6.61 Å². The van der Waals surface area contributed by atoms with Gasteiger partial charge in [-0.1, -0.05) is 19.9 Å². The highest BCUT2D eigenvalue weighted by molar-refractivity contribution is 4.92. The number of aliphatic hydroxyl groups is 1. The molecular weight excluding hydrogens is 156 g/mol. The Balaban J connectivity index is 2.46. The van der Waals surface area contributed by atoms with Crippen LogP contribution in [0.4, 0.5) is 0 Å². The molecule has 3 nitrogen and oxygen atoms in total. The lowest BCUT2D eigenvalue weighted by molar-refractivity contribution is -0.170. The fourth-order valence-corrected chi connectivity index (χ4v) is 1.27. The zero-order valence-corrected chi connectivity index (χ0v) is 7.45. The van der Waals surface area contributed by atoms with E-state index in [1.807, 2.05) is 0 Å². The second-order valence-corrected chi connectivity index (χ2v) is 3.00. The van der Waals surface area contributed by atoms with Crippen molar-refractivity contribution in [2.24, 2.45) is 0 Å². The normalized spacial score (nSPS) is 35.3. The number of hydrogen-bond donors (Lipinski definition) is 1. The van der Waals surface area contributed by atoms with Crippen LogP contribution in [-0.2, 0) is 9.47 Å². The molecule has 0 saturated carbocycles. The molecule has 1 heterocycles. The van der Waals surface area contributed by atoms with Crippen molar-refractivity contribution in [1.29, 1.82) is 0 Å². The van der Waals surface area contributed by atoms with E-state index in [0.717, 1.165) is 19.3 Å². The second kappa shape index (κ2) is 4.03. The summed E-state index contributed by atoms with van der Waals surface area (Å²) >= 11 is 0. The van der Waals surface area contributed by atoms with Gasteiger partial charge in [0, 0.05) is 6.42 Å². The maximum absolute atomic E-state index is 9.10. The van der Waals surface area contributed by atoms with Gasteiger partial charge < -0.3 is 14.6 Å². The first-order chi connectivity index (χ1) is 5.72. The third kappa shape index (κ3) is 2.06. The Labute approximate surface area is 73.0 Å². The van der Waals surface area contributed by atoms with Crippen LogP contribution in [0.25, 0.3) is 0 Å². The van der Waals surface area contributed by atoms with Crippen molar-refractivity contribution < 1.29 is 14.6 Å². The van der Waals surface area contributed by atoms with Crippen LogP contribution in [0.1, 0.15) is 26.2 Å². The van der Waals surface area contributed by atoms with Gasteiger partial charge in [-0.25, -0.2) is 0 Å². The molecule has 0 aromatic rings. The molecule has 0 spiro atoms. The van der Waals surface area contributed by atoms with Gasteiger partial charge in [-0.15, -0.1) is 0 Å². The molecule has 0 aromatic carbocycles. The van der Waals surface area contributed by atoms with Gasteiger partial charge in [-0.2, -0.15) is 0 Å². The summed E-state index contributed by atoms with van der Waals surface area (Å²) in [5.74, 6) is -0.727. The van der Waals surface area contributed by atoms with Crippen molar-refractivity contribution in [2.75, 3.05) is 6.61 Å². The lowest BCUT2D eigenvalue weighted by atomic mass is 10.1. The first kappa shape index (κ1) is 9.71. The quantitative estimate of drug-likeness (QED) is 0.652. The van der Waals surface area contributed by atoms with Crippen LogP contribution in [-0.4, -0.2) is 23.8 Å². The Morgan fingerprint density at radius 3 is 2.92 bits per heavy atom. The van der Waals surface area contributed by atoms with Crippen LogP contribution in [0.5, 0.6) is 0 Å². The molecule has 1 fully saturated rings. The van der Waals surface area contributed by atoms with E-state index < -0.39 is 12.1 Å². The lowest BCUT2D eigenvalue weighted by Gasteiger charge is -2.22. The van der Waals surface area contributed by atoms with E-state index in [4.69, 9.17) is 14.6 Å². The van der Waals surface area contributed by atoms with E-state index in [1.165, 1.54) is 0 Å². The van der Waals surface area contributed by atoms with Gasteiger partial charge in [0.05, 0.1) is 0 Å². The zero-order chi connectivity index (χ0) is 9.03. The van der Waals surface area contributed by atoms with Crippen LogP contribution >= 0.6 is 0 Å². The van der Waals surface area contributed by atoms with Crippen molar-refractivity contribution in [3.63, 3.8) is 0 Å². The molecule has 70 valence electrons. The van der Waals surface area contributed by atoms with Crippen LogP contribution in [0, 0.1) is 0 Å². The molecule has 0 aromatic heterocycles. The van der Waals surface area contributed by atoms with E-state index in [0.29, 0.717) is 0 Å². The maximum atomic E-state index is 9.10. The van der Waals surface area contributed by atoms with Gasteiger partial charge in [0.2, 0.25) is 0 Å². The summed E-state index contributed by atoms with van der Waals surface area (Å²) in [6.07, 6.45) is 3.69. The Morgan fingerprint density at radius 1 is 1.75 bits per heavy atom. The second-order valence-electron chi connectivity index (χ2n) is 3.00. The predicted molar refractivity (Wildman–Crippen MR) is 45.5 cm³/mol. The predicted octanol–water partition coefficient (Wildman–Crippen LogP) is 1.42. The van der Waals surface area contributed by atoms with E-state index in [2.05, 4.69) is 13.5 Å². The number of unbranched alkanes of at least 4 members (excludes halogenated alkanes) is 1. The average Bonchev–Trinajstić information content (AvgIpc) is 2.45. The molecule has 3 heteroatoms. The molecule has 0 bridgehead atoms. The molecular formula is C9H16O3. The summed E-state index contributed by atoms with van der Waals surface area (Å²) in [5, 5.41) is 9.10. The van der Waals surface area contributed by atoms with Crippen molar-refractivity contribution in [3.8, 4) is 0 Å². The highest BCUT2D eigenvalue weighted by Crippen LogP contribution is 2.28. The van der Waals surface area contributed by atoms with Gasteiger partial charge in [-0.3, -0.25) is 0 Å². The summed E-state index contributed by atoms with van der Waals surface area (Å²) in [5.41, 5.74) is 0. The molecule has 1 N–H and O–H groups in total. The summed E-state index contributed by atoms with van der Waals surface area (Å²) in [4.78, 5) is 0. The van der Waals surface area contributed by atoms with Crippen molar-refractivity contribution in [3.05, 3.63) is 12.7 Å². The highest BCUT2D eigenvalue weighted by atomic mass is 16.8. The van der Waals surface area contributed by atoms with Gasteiger partial charge in [0.25, 0.3) is 0 Å². The lowest BCUT2D eigenvalue weighted by Crippen LogP contribution is -2.27. The molecule has 0 radical (unpaired) electrons. The van der Waals surface area contributed by atoms with Gasteiger partial charge in [0.15, 0.2) is 12.1 Å². The van der Waals surface area contributed by atoms with Gasteiger partial charge >= 0.3 is 0 Å². The maximum Gasteiger partial charge on any atom is 0.190 e. The van der Waals surface area contributed by atoms with Gasteiger partial charge in [0.1, 0.15) is 6.61 Å². The summed E-state index contributed by atoms with van der Waals surface area (Å²) < 4.78 is 10.5. The zero-order valence-electron chi connectivity index (χ0n) is 7.45. The minimum Gasteiger partial charge on any atom is -0.366 e. The van der Waals surface area contributed by atoms with Crippen LogP contribution in [0.15, 0.2) is 12.7 Å². The molecule has 12 heavy (non-hydrogen) atoms. The summed E-state index contributed by atoms with van der Waals surface area (Å²) in [7, 11) is 0. The van der Waals surface area contributed by atoms with E-state index >= 15 is 0 Å². The Hall–Kier alpha value is -0.380. The fraction of sp³-hybridized carbons (Fsp3) is 0.778. The number of aliphatic hydroxyl groups excluding tert-OH is 1. The van der Waals surface area contributed by atoms with Crippen molar-refractivity contribution in [1.82, 2.24) is 0 Å². The van der Waals surface area contributed by atoms with Crippen molar-refractivity contribution in [2.45, 2.75) is 38.3 Å². The SMILES string of the molecule is C=CC1(CCCC)OCC(O)O1. The van der Waals surface area contributed by atoms with Crippen molar-refractivity contribution >= 4 is 0 Å². The number of ether oxygens (including phenoxy) is 2. The Bertz CT molecular complexity index is 158. The molecule has 1 saturated heterocycles. The molecule has 2 unspecified atom stereocenters. The first-order valence-corrected chi connectivity index (χ1v) is 4.36. The first-order valence-electron chi connectivity index (χ1n) is 4.36. The van der Waals surface area contributed by atoms with Crippen LogP contribution < -0.4 is 0 Å². The molecule has 1 aliphatic rings. The summed E-state index contributed by atoms with van der Waals surface area (Å²) in [6.45, 7) is 5.99. The summed E-state index contributed by atoms with van der Waals surface area (Å²) in [6, 6.07) is 0. The van der Waals surface area contributed by atoms with Gasteiger partial charge in [-0.05, 0) is 12.5 Å². The molecule has 2 atom stereocenters. The third-order valence-electron chi connectivity index (χ3n) is 2.00. The van der Waals surface area contributed by atoms with E-state index in [1.54, 1.807) is 6.08 Å². The Kier molecular flexibility index (Phi) is 3.26.